The Hall–Kier alpha value is -2.11. The maximum absolute atomic E-state index is 13.0. The molecule has 2 N–H and O–H groups in total. The second-order valence-corrected chi connectivity index (χ2v) is 8.16. The largest absolute Gasteiger partial charge is 0.357 e. The van der Waals surface area contributed by atoms with Crippen LogP contribution in [0.3, 0.4) is 0 Å². The van der Waals surface area contributed by atoms with Gasteiger partial charge in [0.1, 0.15) is 5.15 Å². The molecule has 0 bridgehead atoms. The lowest BCUT2D eigenvalue weighted by molar-refractivity contribution is 0.0431. The highest BCUT2D eigenvalue weighted by Crippen LogP contribution is 2.47. The lowest BCUT2D eigenvalue weighted by Crippen LogP contribution is -2.70. The summed E-state index contributed by atoms with van der Waals surface area (Å²) >= 11 is 6.15. The molecule has 26 heavy (non-hydrogen) atoms. The third kappa shape index (κ3) is 2.01. The van der Waals surface area contributed by atoms with E-state index in [2.05, 4.69) is 33.8 Å². The zero-order valence-corrected chi connectivity index (χ0v) is 15.5. The highest BCUT2D eigenvalue weighted by molar-refractivity contribution is 6.29. The molecule has 0 radical (unpaired) electrons. The number of carbonyl (C=O) groups excluding carboxylic acids is 1. The first-order chi connectivity index (χ1) is 12.5. The van der Waals surface area contributed by atoms with Crippen LogP contribution in [-0.2, 0) is 18.3 Å². The molecule has 2 aliphatic heterocycles. The fourth-order valence-corrected chi connectivity index (χ4v) is 5.24. The van der Waals surface area contributed by atoms with E-state index in [1.165, 1.54) is 5.56 Å². The van der Waals surface area contributed by atoms with Crippen LogP contribution in [0.2, 0.25) is 5.15 Å². The topological polar surface area (TPSA) is 61.0 Å². The summed E-state index contributed by atoms with van der Waals surface area (Å²) in [4.78, 5) is 23.2. The molecule has 5 nitrogen and oxygen atoms in total. The first kappa shape index (κ1) is 16.1. The molecule has 1 amide bonds. The number of nitrogens with zero attached hydrogens (tertiary/aromatic N) is 2. The number of hydrogen-bond acceptors (Lipinski definition) is 3. The molecule has 3 aliphatic rings. The van der Waals surface area contributed by atoms with Crippen LogP contribution in [0.5, 0.6) is 0 Å². The van der Waals surface area contributed by atoms with Crippen LogP contribution in [0.1, 0.15) is 33.6 Å². The summed E-state index contributed by atoms with van der Waals surface area (Å²) in [5.74, 6) is 0.0353. The van der Waals surface area contributed by atoms with Gasteiger partial charge in [0.2, 0.25) is 0 Å². The van der Waals surface area contributed by atoms with Crippen molar-refractivity contribution in [1.82, 2.24) is 20.2 Å². The number of fused-ring (bicyclic) bond motifs is 6. The maximum Gasteiger partial charge on any atom is 0.253 e. The average Bonchev–Trinajstić information content (AvgIpc) is 2.98. The Labute approximate surface area is 157 Å². The molecule has 6 heteroatoms. The Bertz CT molecular complexity index is 942. The van der Waals surface area contributed by atoms with Crippen molar-refractivity contribution >= 4 is 17.5 Å². The zero-order chi connectivity index (χ0) is 18.1. The van der Waals surface area contributed by atoms with E-state index in [0.717, 1.165) is 60.4 Å². The van der Waals surface area contributed by atoms with Crippen LogP contribution < -0.4 is 5.32 Å². The lowest BCUT2D eigenvalue weighted by atomic mass is 9.66. The molecular formula is C20H21ClN4O. The van der Waals surface area contributed by atoms with Crippen molar-refractivity contribution < 1.29 is 4.79 Å². The molecule has 4 heterocycles. The van der Waals surface area contributed by atoms with E-state index in [1.807, 2.05) is 18.3 Å². The first-order valence-electron chi connectivity index (χ1n) is 9.04. The van der Waals surface area contributed by atoms with E-state index in [9.17, 15) is 4.79 Å². The number of nitrogens with one attached hydrogen (secondary N) is 2. The van der Waals surface area contributed by atoms with Crippen LogP contribution in [0.4, 0.5) is 0 Å². The summed E-state index contributed by atoms with van der Waals surface area (Å²) < 4.78 is 0. The van der Waals surface area contributed by atoms with E-state index in [-0.39, 0.29) is 17.4 Å². The summed E-state index contributed by atoms with van der Waals surface area (Å²) in [6.07, 6.45) is 6.26. The van der Waals surface area contributed by atoms with Crippen molar-refractivity contribution in [3.63, 3.8) is 0 Å². The van der Waals surface area contributed by atoms with E-state index >= 15 is 0 Å². The lowest BCUT2D eigenvalue weighted by Gasteiger charge is -2.54. The van der Waals surface area contributed by atoms with Crippen molar-refractivity contribution in [3.05, 3.63) is 52.5 Å². The van der Waals surface area contributed by atoms with E-state index in [4.69, 9.17) is 11.6 Å². The quantitative estimate of drug-likeness (QED) is 0.633. The predicted octanol–water partition coefficient (Wildman–Crippen LogP) is 2.70. The molecule has 1 aliphatic carbocycles. The Balaban J connectivity index is 1.72. The van der Waals surface area contributed by atoms with Crippen LogP contribution in [0, 0.1) is 0 Å². The molecular weight excluding hydrogens is 348 g/mol. The summed E-state index contributed by atoms with van der Waals surface area (Å²) in [5.41, 5.74) is 6.31. The Kier molecular flexibility index (Phi) is 3.37. The molecule has 2 aromatic heterocycles. The number of carbonyl (C=O) groups is 1. The number of H-pyrrole nitrogens is 1. The minimum atomic E-state index is -0.0689. The molecule has 1 unspecified atom stereocenters. The van der Waals surface area contributed by atoms with Crippen molar-refractivity contribution in [2.45, 2.75) is 30.7 Å². The fourth-order valence-electron chi connectivity index (χ4n) is 5.08. The van der Waals surface area contributed by atoms with E-state index < -0.39 is 0 Å². The molecule has 1 spiro atoms. The molecule has 1 saturated heterocycles. The van der Waals surface area contributed by atoms with Gasteiger partial charge in [-0.25, -0.2) is 4.98 Å². The van der Waals surface area contributed by atoms with Gasteiger partial charge in [-0.2, -0.15) is 0 Å². The number of pyridine rings is 1. The van der Waals surface area contributed by atoms with Crippen molar-refractivity contribution in [2.24, 2.45) is 0 Å². The molecule has 2 aromatic rings. The van der Waals surface area contributed by atoms with Gasteiger partial charge in [0, 0.05) is 36.6 Å². The van der Waals surface area contributed by atoms with Gasteiger partial charge in [-0.3, -0.25) is 4.79 Å². The summed E-state index contributed by atoms with van der Waals surface area (Å²) in [6.45, 7) is 5.75. The van der Waals surface area contributed by atoms with Gasteiger partial charge in [0.25, 0.3) is 5.91 Å². The maximum atomic E-state index is 13.0. The molecule has 5 rings (SSSR count). The third-order valence-corrected chi connectivity index (χ3v) is 6.38. The Morgan fingerprint density at radius 3 is 3.00 bits per heavy atom. The van der Waals surface area contributed by atoms with E-state index in [1.54, 1.807) is 0 Å². The number of likely N-dealkylation sites (N-methyl/N-ethyl adjacent to an activating group) is 1. The van der Waals surface area contributed by atoms with Crippen LogP contribution in [0.25, 0.3) is 11.3 Å². The standard InChI is InChI=1S/C20H21ClN4O/c1-3-4-14-20(9-25(2)10-20)18-16(19(26)23-14)12-6-5-11-8-22-15(21)7-13(11)17(12)24-18/h3,7-8,14,24H,1,4-6,9-10H2,2H3,(H,23,26). The summed E-state index contributed by atoms with van der Waals surface area (Å²) in [6, 6.07) is 1.99. The predicted molar refractivity (Wildman–Crippen MR) is 102 cm³/mol. The van der Waals surface area contributed by atoms with Gasteiger partial charge in [-0.15, -0.1) is 6.58 Å². The number of hydrogen-bond donors (Lipinski definition) is 2. The third-order valence-electron chi connectivity index (χ3n) is 6.17. The van der Waals surface area contributed by atoms with Crippen LogP contribution in [0.15, 0.2) is 24.9 Å². The monoisotopic (exact) mass is 368 g/mol. The number of aryl methyl sites for hydroxylation is 1. The normalized spacial score (nSPS) is 22.8. The number of rotatable bonds is 2. The van der Waals surface area contributed by atoms with Gasteiger partial charge in [-0.1, -0.05) is 17.7 Å². The summed E-state index contributed by atoms with van der Waals surface area (Å²) in [5, 5.41) is 3.75. The van der Waals surface area contributed by atoms with Crippen molar-refractivity contribution in [2.75, 3.05) is 20.1 Å². The summed E-state index contributed by atoms with van der Waals surface area (Å²) in [7, 11) is 2.12. The second kappa shape index (κ2) is 5.44. The number of likely N-dealkylation sites (tertiary alicyclic amines) is 1. The Morgan fingerprint density at radius 1 is 1.46 bits per heavy atom. The Morgan fingerprint density at radius 2 is 2.27 bits per heavy atom. The SMILES string of the molecule is C=CCC1NC(=O)c2c([nH]c3c2CCc2cnc(Cl)cc2-3)C12CN(C)C2. The van der Waals surface area contributed by atoms with E-state index in [0.29, 0.717) is 5.15 Å². The zero-order valence-electron chi connectivity index (χ0n) is 14.7. The smallest absolute Gasteiger partial charge is 0.253 e. The van der Waals surface area contributed by atoms with Crippen molar-refractivity contribution in [3.8, 4) is 11.3 Å². The molecule has 0 saturated carbocycles. The highest BCUT2D eigenvalue weighted by atomic mass is 35.5. The van der Waals surface area contributed by atoms with Crippen molar-refractivity contribution in [1.29, 1.82) is 0 Å². The van der Waals surface area contributed by atoms with Gasteiger partial charge >= 0.3 is 0 Å². The first-order valence-corrected chi connectivity index (χ1v) is 9.41. The van der Waals surface area contributed by atoms with Gasteiger partial charge in [0.05, 0.1) is 16.7 Å². The number of aromatic amines is 1. The number of halogens is 1. The van der Waals surface area contributed by atoms with Gasteiger partial charge in [0.15, 0.2) is 0 Å². The molecule has 0 aromatic carbocycles. The van der Waals surface area contributed by atoms with Crippen LogP contribution in [-0.4, -0.2) is 47.0 Å². The highest BCUT2D eigenvalue weighted by Gasteiger charge is 2.55. The van der Waals surface area contributed by atoms with Gasteiger partial charge < -0.3 is 15.2 Å². The minimum absolute atomic E-state index is 0.0353. The fraction of sp³-hybridized carbons (Fsp3) is 0.400. The second-order valence-electron chi connectivity index (χ2n) is 7.77. The minimum Gasteiger partial charge on any atom is -0.357 e. The number of amides is 1. The number of aromatic nitrogens is 2. The molecule has 1 atom stereocenters. The molecule has 134 valence electrons. The average molecular weight is 369 g/mol. The van der Waals surface area contributed by atoms with Gasteiger partial charge in [-0.05, 0) is 43.5 Å². The molecule has 1 fully saturated rings. The van der Waals surface area contributed by atoms with Crippen LogP contribution >= 0.6 is 11.6 Å².